The number of methoxy groups -OCH3 is 3. The zero-order chi connectivity index (χ0) is 19.8. The standard InChI is InChI=1S/C19H21BrN2O5/c1-25-15-10-12(11-16(26-2)18(15)27-3)8-9-17(23)21-22-19(24)13-6-4-5-7-14(13)20/h4-7,10-11H,8-9H2,1-3H3,(H,21,23)(H,22,24). The maximum absolute atomic E-state index is 12.1. The van der Waals surface area contributed by atoms with Gasteiger partial charge in [-0.15, -0.1) is 0 Å². The molecular weight excluding hydrogens is 416 g/mol. The van der Waals surface area contributed by atoms with Crippen LogP contribution >= 0.6 is 15.9 Å². The molecule has 27 heavy (non-hydrogen) atoms. The molecule has 0 atom stereocenters. The van der Waals surface area contributed by atoms with Crippen LogP contribution in [0.5, 0.6) is 17.2 Å². The van der Waals surface area contributed by atoms with Crippen molar-refractivity contribution in [2.24, 2.45) is 0 Å². The lowest BCUT2D eigenvalue weighted by atomic mass is 10.1. The number of hydrogen-bond acceptors (Lipinski definition) is 5. The lowest BCUT2D eigenvalue weighted by molar-refractivity contribution is -0.121. The monoisotopic (exact) mass is 436 g/mol. The molecule has 0 unspecified atom stereocenters. The first kappa shape index (κ1) is 20.6. The summed E-state index contributed by atoms with van der Waals surface area (Å²) in [5.41, 5.74) is 6.09. The largest absolute Gasteiger partial charge is 0.493 e. The Kier molecular flexibility index (Phi) is 7.48. The van der Waals surface area contributed by atoms with Crippen molar-refractivity contribution in [1.82, 2.24) is 10.9 Å². The number of carbonyl (C=O) groups excluding carboxylic acids is 2. The summed E-state index contributed by atoms with van der Waals surface area (Å²) in [5.74, 6) is 0.825. The number of ether oxygens (including phenoxy) is 3. The molecule has 2 rings (SSSR count). The van der Waals surface area contributed by atoms with E-state index in [0.29, 0.717) is 33.7 Å². The minimum atomic E-state index is -0.399. The minimum Gasteiger partial charge on any atom is -0.493 e. The van der Waals surface area contributed by atoms with Crippen LogP contribution in [-0.2, 0) is 11.2 Å². The van der Waals surface area contributed by atoms with Crippen LogP contribution in [0.4, 0.5) is 0 Å². The normalized spacial score (nSPS) is 10.1. The van der Waals surface area contributed by atoms with E-state index in [1.165, 1.54) is 21.3 Å². The lowest BCUT2D eigenvalue weighted by Crippen LogP contribution is -2.41. The van der Waals surface area contributed by atoms with Crippen LogP contribution in [0.25, 0.3) is 0 Å². The maximum atomic E-state index is 12.1. The molecule has 0 heterocycles. The fraction of sp³-hybridized carbons (Fsp3) is 0.263. The maximum Gasteiger partial charge on any atom is 0.270 e. The van der Waals surface area contributed by atoms with Gasteiger partial charge in [0.15, 0.2) is 11.5 Å². The molecule has 0 aliphatic carbocycles. The third-order valence-electron chi connectivity index (χ3n) is 3.80. The molecule has 0 spiro atoms. The van der Waals surface area contributed by atoms with Crippen molar-refractivity contribution in [3.05, 3.63) is 52.0 Å². The molecule has 0 saturated heterocycles. The van der Waals surface area contributed by atoms with E-state index in [0.717, 1.165) is 5.56 Å². The number of amides is 2. The van der Waals surface area contributed by atoms with Crippen molar-refractivity contribution < 1.29 is 23.8 Å². The smallest absolute Gasteiger partial charge is 0.270 e. The second-order valence-corrected chi connectivity index (χ2v) is 6.37. The number of rotatable bonds is 7. The van der Waals surface area contributed by atoms with Crippen LogP contribution in [-0.4, -0.2) is 33.1 Å². The molecular formula is C19H21BrN2O5. The molecule has 0 radical (unpaired) electrons. The number of carbonyl (C=O) groups is 2. The quantitative estimate of drug-likeness (QED) is 0.651. The van der Waals surface area contributed by atoms with Crippen molar-refractivity contribution in [2.45, 2.75) is 12.8 Å². The lowest BCUT2D eigenvalue weighted by Gasteiger charge is -2.14. The van der Waals surface area contributed by atoms with E-state index in [1.54, 1.807) is 36.4 Å². The van der Waals surface area contributed by atoms with Gasteiger partial charge in [-0.2, -0.15) is 0 Å². The van der Waals surface area contributed by atoms with Gasteiger partial charge in [0.05, 0.1) is 26.9 Å². The first-order valence-corrected chi connectivity index (χ1v) is 8.92. The zero-order valence-corrected chi connectivity index (χ0v) is 16.9. The van der Waals surface area contributed by atoms with Crippen molar-refractivity contribution in [2.75, 3.05) is 21.3 Å². The highest BCUT2D eigenvalue weighted by atomic mass is 79.9. The van der Waals surface area contributed by atoms with Gasteiger partial charge in [0, 0.05) is 10.9 Å². The van der Waals surface area contributed by atoms with E-state index >= 15 is 0 Å². The van der Waals surface area contributed by atoms with Crippen molar-refractivity contribution >= 4 is 27.7 Å². The number of halogens is 1. The first-order chi connectivity index (χ1) is 13.0. The van der Waals surface area contributed by atoms with Crippen LogP contribution in [0.15, 0.2) is 40.9 Å². The topological polar surface area (TPSA) is 85.9 Å². The Morgan fingerprint density at radius 1 is 0.963 bits per heavy atom. The number of hydrazine groups is 1. The molecule has 0 saturated carbocycles. The number of nitrogens with one attached hydrogen (secondary N) is 2. The highest BCUT2D eigenvalue weighted by Gasteiger charge is 2.14. The average molecular weight is 437 g/mol. The van der Waals surface area contributed by atoms with Gasteiger partial charge in [0.2, 0.25) is 11.7 Å². The number of benzene rings is 2. The van der Waals surface area contributed by atoms with Crippen molar-refractivity contribution in [3.8, 4) is 17.2 Å². The fourth-order valence-corrected chi connectivity index (χ4v) is 2.90. The van der Waals surface area contributed by atoms with E-state index < -0.39 is 5.91 Å². The van der Waals surface area contributed by atoms with Gasteiger partial charge < -0.3 is 14.2 Å². The third-order valence-corrected chi connectivity index (χ3v) is 4.49. The summed E-state index contributed by atoms with van der Waals surface area (Å²) in [4.78, 5) is 24.1. The molecule has 8 heteroatoms. The van der Waals surface area contributed by atoms with E-state index in [2.05, 4.69) is 26.8 Å². The van der Waals surface area contributed by atoms with Crippen LogP contribution in [0.1, 0.15) is 22.3 Å². The van der Waals surface area contributed by atoms with Crippen LogP contribution in [0.2, 0.25) is 0 Å². The Hall–Kier alpha value is -2.74. The van der Waals surface area contributed by atoms with Gasteiger partial charge in [-0.25, -0.2) is 0 Å². The van der Waals surface area contributed by atoms with Crippen LogP contribution < -0.4 is 25.1 Å². The SMILES string of the molecule is COc1cc(CCC(=O)NNC(=O)c2ccccc2Br)cc(OC)c1OC. The molecule has 2 aromatic rings. The predicted molar refractivity (Wildman–Crippen MR) is 104 cm³/mol. The van der Waals surface area contributed by atoms with E-state index in [9.17, 15) is 9.59 Å². The highest BCUT2D eigenvalue weighted by molar-refractivity contribution is 9.10. The molecule has 2 N–H and O–H groups in total. The summed E-state index contributed by atoms with van der Waals surface area (Å²) in [7, 11) is 4.59. The summed E-state index contributed by atoms with van der Waals surface area (Å²) in [6.45, 7) is 0. The molecule has 0 aliphatic rings. The fourth-order valence-electron chi connectivity index (χ4n) is 2.44. The van der Waals surface area contributed by atoms with E-state index in [4.69, 9.17) is 14.2 Å². The Labute approximate surface area is 166 Å². The van der Waals surface area contributed by atoms with Crippen LogP contribution in [0, 0.1) is 0 Å². The highest BCUT2D eigenvalue weighted by Crippen LogP contribution is 2.38. The zero-order valence-electron chi connectivity index (χ0n) is 15.3. The van der Waals surface area contributed by atoms with Gasteiger partial charge >= 0.3 is 0 Å². The summed E-state index contributed by atoms with van der Waals surface area (Å²) >= 11 is 3.30. The van der Waals surface area contributed by atoms with Gasteiger partial charge in [0.25, 0.3) is 5.91 Å². The van der Waals surface area contributed by atoms with Crippen LogP contribution in [0.3, 0.4) is 0 Å². The summed E-state index contributed by atoms with van der Waals surface area (Å²) in [6.07, 6.45) is 0.613. The van der Waals surface area contributed by atoms with E-state index in [-0.39, 0.29) is 12.3 Å². The van der Waals surface area contributed by atoms with Gasteiger partial charge in [-0.1, -0.05) is 12.1 Å². The summed E-state index contributed by atoms with van der Waals surface area (Å²) < 4.78 is 16.5. The molecule has 0 aromatic heterocycles. The third kappa shape index (κ3) is 5.37. The molecule has 0 aliphatic heterocycles. The second-order valence-electron chi connectivity index (χ2n) is 5.52. The Morgan fingerprint density at radius 3 is 2.15 bits per heavy atom. The molecule has 2 amide bonds. The number of hydrogen-bond donors (Lipinski definition) is 2. The summed E-state index contributed by atoms with van der Waals surface area (Å²) in [6, 6.07) is 10.5. The van der Waals surface area contributed by atoms with E-state index in [1.807, 2.05) is 0 Å². The average Bonchev–Trinajstić information content (AvgIpc) is 2.69. The number of aryl methyl sites for hydroxylation is 1. The molecule has 0 fully saturated rings. The Balaban J connectivity index is 1.94. The van der Waals surface area contributed by atoms with Gasteiger partial charge in [-0.05, 0) is 52.2 Å². The second kappa shape index (κ2) is 9.82. The van der Waals surface area contributed by atoms with Gasteiger partial charge in [-0.3, -0.25) is 20.4 Å². The van der Waals surface area contributed by atoms with Gasteiger partial charge in [0.1, 0.15) is 0 Å². The van der Waals surface area contributed by atoms with Crippen molar-refractivity contribution in [1.29, 1.82) is 0 Å². The Morgan fingerprint density at radius 2 is 1.59 bits per heavy atom. The summed E-state index contributed by atoms with van der Waals surface area (Å²) in [5, 5.41) is 0. The molecule has 0 bridgehead atoms. The molecule has 144 valence electrons. The molecule has 2 aromatic carbocycles. The minimum absolute atomic E-state index is 0.175. The Bertz CT molecular complexity index is 800. The van der Waals surface area contributed by atoms with Crippen molar-refractivity contribution in [3.63, 3.8) is 0 Å². The molecule has 7 nitrogen and oxygen atoms in total. The first-order valence-electron chi connectivity index (χ1n) is 8.12. The predicted octanol–water partition coefficient (Wildman–Crippen LogP) is 2.87.